The molecule has 21 heavy (non-hydrogen) atoms. The summed E-state index contributed by atoms with van der Waals surface area (Å²) in [6.45, 7) is 6.35. The lowest BCUT2D eigenvalue weighted by Crippen LogP contribution is -2.48. The highest BCUT2D eigenvalue weighted by molar-refractivity contribution is 5.96. The molecule has 0 saturated carbocycles. The minimum absolute atomic E-state index is 0.146. The van der Waals surface area contributed by atoms with Crippen molar-refractivity contribution in [2.24, 2.45) is 5.10 Å². The van der Waals surface area contributed by atoms with Crippen molar-refractivity contribution in [2.75, 3.05) is 7.05 Å². The van der Waals surface area contributed by atoms with E-state index in [1.165, 1.54) is 5.56 Å². The fourth-order valence-electron chi connectivity index (χ4n) is 3.06. The largest absolute Gasteiger partial charge is 0.340 e. The molecule has 1 aliphatic heterocycles. The number of carbonyl (C=O) groups excluding carboxylic acids is 1. The smallest absolute Gasteiger partial charge is 0.338 e. The summed E-state index contributed by atoms with van der Waals surface area (Å²) in [4.78, 5) is 12.1. The molecule has 2 rings (SSSR count). The molecule has 1 N–H and O–H groups in total. The number of rotatable bonds is 4. The van der Waals surface area contributed by atoms with Crippen LogP contribution >= 0.6 is 0 Å². The van der Waals surface area contributed by atoms with Crippen LogP contribution in [0.1, 0.15) is 51.5 Å². The van der Waals surface area contributed by atoms with Crippen molar-refractivity contribution in [3.8, 4) is 0 Å². The van der Waals surface area contributed by atoms with E-state index in [2.05, 4.69) is 43.3 Å². The maximum Gasteiger partial charge on any atom is 0.338 e. The van der Waals surface area contributed by atoms with E-state index in [1.54, 1.807) is 12.1 Å². The number of hydrogen-bond acceptors (Lipinski definition) is 2. The number of carbonyl (C=O) groups is 1. The number of unbranched alkanes of at least 4 members (excludes halogenated alkanes) is 1. The fourth-order valence-corrected chi connectivity index (χ4v) is 3.06. The molecule has 0 aliphatic carbocycles. The lowest BCUT2D eigenvalue weighted by Gasteiger charge is -2.34. The monoisotopic (exact) mass is 287 g/mol. The first-order valence-corrected chi connectivity index (χ1v) is 7.66. The quantitative estimate of drug-likeness (QED) is 0.900. The highest BCUT2D eigenvalue weighted by atomic mass is 16.2. The second kappa shape index (κ2) is 6.29. The summed E-state index contributed by atoms with van der Waals surface area (Å²) in [6, 6.07) is 10.2. The minimum atomic E-state index is -0.357. The molecule has 0 bridgehead atoms. The molecule has 1 atom stereocenters. The zero-order chi connectivity index (χ0) is 15.5. The van der Waals surface area contributed by atoms with Gasteiger partial charge in [-0.1, -0.05) is 43.7 Å². The van der Waals surface area contributed by atoms with Crippen molar-refractivity contribution in [1.29, 1.82) is 0 Å². The van der Waals surface area contributed by atoms with Gasteiger partial charge in [0.05, 0.1) is 5.54 Å². The second-order valence-corrected chi connectivity index (χ2v) is 6.06. The Labute approximate surface area is 127 Å². The third kappa shape index (κ3) is 2.94. The number of hydrazone groups is 1. The van der Waals surface area contributed by atoms with Crippen molar-refractivity contribution >= 4 is 11.7 Å². The molecule has 1 aromatic rings. The van der Waals surface area contributed by atoms with Crippen LogP contribution in [0.5, 0.6) is 0 Å². The van der Waals surface area contributed by atoms with Crippen LogP contribution in [0.3, 0.4) is 0 Å². The first kappa shape index (κ1) is 15.5. The van der Waals surface area contributed by atoms with Gasteiger partial charge in [-0.2, -0.15) is 5.10 Å². The van der Waals surface area contributed by atoms with Crippen LogP contribution in [0.2, 0.25) is 0 Å². The van der Waals surface area contributed by atoms with Crippen molar-refractivity contribution in [2.45, 2.75) is 51.5 Å². The van der Waals surface area contributed by atoms with Gasteiger partial charge in [-0.3, -0.25) is 0 Å². The van der Waals surface area contributed by atoms with E-state index in [4.69, 9.17) is 0 Å². The molecule has 0 saturated heterocycles. The van der Waals surface area contributed by atoms with Crippen LogP contribution in [-0.2, 0) is 0 Å². The summed E-state index contributed by atoms with van der Waals surface area (Å²) >= 11 is 0. The highest BCUT2D eigenvalue weighted by Gasteiger charge is 2.46. The number of benzene rings is 1. The van der Waals surface area contributed by atoms with Crippen LogP contribution < -0.4 is 5.32 Å². The Morgan fingerprint density at radius 1 is 1.33 bits per heavy atom. The highest BCUT2D eigenvalue weighted by Crippen LogP contribution is 2.41. The maximum absolute atomic E-state index is 12.1. The Morgan fingerprint density at radius 3 is 2.57 bits per heavy atom. The standard InChI is InChI=1S/C17H25N3O/c1-5-6-12-14-15(13-10-8-7-9-11-13)17(2,3)20(19-14)16(21)18-4/h7-11,15H,5-6,12H2,1-4H3,(H,18,21). The maximum atomic E-state index is 12.1. The molecule has 2 amide bonds. The van der Waals surface area contributed by atoms with Gasteiger partial charge in [0.25, 0.3) is 0 Å². The lowest BCUT2D eigenvalue weighted by molar-refractivity contribution is 0.148. The van der Waals surface area contributed by atoms with E-state index < -0.39 is 0 Å². The molecule has 1 unspecified atom stereocenters. The topological polar surface area (TPSA) is 44.7 Å². The van der Waals surface area contributed by atoms with Gasteiger partial charge in [-0.05, 0) is 32.3 Å². The van der Waals surface area contributed by atoms with Gasteiger partial charge in [0.15, 0.2) is 0 Å². The van der Waals surface area contributed by atoms with Crippen LogP contribution in [0.25, 0.3) is 0 Å². The summed E-state index contributed by atoms with van der Waals surface area (Å²) in [5.41, 5.74) is 1.98. The third-order valence-electron chi connectivity index (χ3n) is 4.14. The number of nitrogens with zero attached hydrogens (tertiary/aromatic N) is 2. The second-order valence-electron chi connectivity index (χ2n) is 6.06. The van der Waals surface area contributed by atoms with Gasteiger partial charge in [-0.15, -0.1) is 0 Å². The average molecular weight is 287 g/mol. The van der Waals surface area contributed by atoms with Crippen molar-refractivity contribution in [3.63, 3.8) is 0 Å². The SMILES string of the molecule is CCCCC1=NN(C(=O)NC)C(C)(C)C1c1ccccc1. The van der Waals surface area contributed by atoms with Gasteiger partial charge in [-0.25, -0.2) is 9.80 Å². The van der Waals surface area contributed by atoms with Crippen molar-refractivity contribution in [1.82, 2.24) is 10.3 Å². The van der Waals surface area contributed by atoms with Gasteiger partial charge in [0, 0.05) is 18.7 Å². The molecular weight excluding hydrogens is 262 g/mol. The molecule has 114 valence electrons. The van der Waals surface area contributed by atoms with Crippen molar-refractivity contribution < 1.29 is 4.79 Å². The van der Waals surface area contributed by atoms with Crippen LogP contribution in [0.15, 0.2) is 35.4 Å². The molecule has 0 fully saturated rings. The normalized spacial score (nSPS) is 20.3. The molecule has 0 radical (unpaired) electrons. The minimum Gasteiger partial charge on any atom is -0.340 e. The summed E-state index contributed by atoms with van der Waals surface area (Å²) in [5.74, 6) is 0.155. The van der Waals surface area contributed by atoms with Crippen LogP contribution in [0, 0.1) is 0 Å². The number of urea groups is 1. The number of nitrogens with one attached hydrogen (secondary N) is 1. The van der Waals surface area contributed by atoms with Gasteiger partial charge < -0.3 is 5.32 Å². The van der Waals surface area contributed by atoms with Crippen LogP contribution in [-0.4, -0.2) is 29.3 Å². The molecule has 0 spiro atoms. The molecule has 4 nitrogen and oxygen atoms in total. The Hall–Kier alpha value is -1.84. The number of hydrogen-bond donors (Lipinski definition) is 1. The zero-order valence-corrected chi connectivity index (χ0v) is 13.4. The predicted molar refractivity (Wildman–Crippen MR) is 86.5 cm³/mol. The fraction of sp³-hybridized carbons (Fsp3) is 0.529. The van der Waals surface area contributed by atoms with E-state index >= 15 is 0 Å². The Bertz CT molecular complexity index is 522. The first-order chi connectivity index (χ1) is 10.0. The summed E-state index contributed by atoms with van der Waals surface area (Å²) in [7, 11) is 1.65. The predicted octanol–water partition coefficient (Wildman–Crippen LogP) is 3.75. The summed E-state index contributed by atoms with van der Waals surface area (Å²) in [5, 5.41) is 8.94. The Kier molecular flexibility index (Phi) is 4.66. The van der Waals surface area contributed by atoms with Gasteiger partial charge in [0.1, 0.15) is 0 Å². The van der Waals surface area contributed by atoms with E-state index in [1.807, 2.05) is 18.2 Å². The Balaban J connectivity index is 2.39. The molecular formula is C17H25N3O. The van der Waals surface area contributed by atoms with E-state index in [9.17, 15) is 4.79 Å². The average Bonchev–Trinajstić information content (AvgIpc) is 2.76. The molecule has 0 aromatic heterocycles. The first-order valence-electron chi connectivity index (χ1n) is 7.66. The summed E-state index contributed by atoms with van der Waals surface area (Å²) < 4.78 is 0. The Morgan fingerprint density at radius 2 is 2.00 bits per heavy atom. The zero-order valence-electron chi connectivity index (χ0n) is 13.4. The summed E-state index contributed by atoms with van der Waals surface area (Å²) in [6.07, 6.45) is 3.16. The molecule has 4 heteroatoms. The van der Waals surface area contributed by atoms with E-state index in [-0.39, 0.29) is 17.5 Å². The van der Waals surface area contributed by atoms with Gasteiger partial charge in [0.2, 0.25) is 0 Å². The van der Waals surface area contributed by atoms with E-state index in [0.29, 0.717) is 0 Å². The molecule has 1 aromatic carbocycles. The van der Waals surface area contributed by atoms with E-state index in [0.717, 1.165) is 25.0 Å². The van der Waals surface area contributed by atoms with Crippen molar-refractivity contribution in [3.05, 3.63) is 35.9 Å². The molecule has 1 aliphatic rings. The lowest BCUT2D eigenvalue weighted by atomic mass is 9.78. The molecule has 1 heterocycles. The van der Waals surface area contributed by atoms with Gasteiger partial charge >= 0.3 is 6.03 Å². The number of amides is 2. The van der Waals surface area contributed by atoms with Crippen LogP contribution in [0.4, 0.5) is 4.79 Å². The third-order valence-corrected chi connectivity index (χ3v) is 4.14.